The molecule has 0 bridgehead atoms. The maximum atomic E-state index is 12.1. The first kappa shape index (κ1) is 17.8. The van der Waals surface area contributed by atoms with Crippen LogP contribution >= 0.6 is 15.9 Å². The second-order valence-corrected chi connectivity index (χ2v) is 6.94. The van der Waals surface area contributed by atoms with Gasteiger partial charge in [0.1, 0.15) is 11.5 Å². The Bertz CT molecular complexity index is 649. The highest BCUT2D eigenvalue weighted by Gasteiger charge is 2.19. The molecule has 0 saturated carbocycles. The number of amides is 1. The molecule has 0 aliphatic rings. The molecule has 0 fully saturated rings. The number of carbonyl (C=O) groups is 1. The Labute approximate surface area is 146 Å². The van der Waals surface area contributed by atoms with E-state index in [1.807, 2.05) is 69.1 Å². The molecular formula is C18H23BrN2O2. The summed E-state index contributed by atoms with van der Waals surface area (Å²) in [6.07, 6.45) is 0. The van der Waals surface area contributed by atoms with Gasteiger partial charge >= 0.3 is 0 Å². The first-order valence-corrected chi connectivity index (χ1v) is 8.51. The molecule has 0 radical (unpaired) electrons. The minimum absolute atomic E-state index is 0.0298. The van der Waals surface area contributed by atoms with E-state index >= 15 is 0 Å². The molecule has 1 heterocycles. The summed E-state index contributed by atoms with van der Waals surface area (Å²) in [5, 5.41) is 2.93. The van der Waals surface area contributed by atoms with Crippen LogP contribution in [0.1, 0.15) is 26.5 Å². The van der Waals surface area contributed by atoms with Crippen LogP contribution in [0.15, 0.2) is 45.3 Å². The fourth-order valence-corrected chi connectivity index (χ4v) is 2.48. The summed E-state index contributed by atoms with van der Waals surface area (Å²) < 4.78 is 6.94. The van der Waals surface area contributed by atoms with E-state index in [9.17, 15) is 4.79 Å². The molecule has 0 aliphatic carbocycles. The minimum Gasteiger partial charge on any atom is -0.460 e. The number of nitrogens with one attached hydrogen (secondary N) is 1. The van der Waals surface area contributed by atoms with E-state index in [1.54, 1.807) is 0 Å². The number of hydrogen-bond acceptors (Lipinski definition) is 3. The number of nitrogens with zero attached hydrogens (tertiary/aromatic N) is 1. The minimum atomic E-state index is -0.210. The molecule has 124 valence electrons. The van der Waals surface area contributed by atoms with Gasteiger partial charge in [-0.05, 0) is 52.1 Å². The van der Waals surface area contributed by atoms with Crippen molar-refractivity contribution in [2.24, 2.45) is 0 Å². The zero-order valence-electron chi connectivity index (χ0n) is 14.0. The lowest BCUT2D eigenvalue weighted by atomic mass is 10.2. The van der Waals surface area contributed by atoms with Gasteiger partial charge in [-0.3, -0.25) is 9.69 Å². The Morgan fingerprint density at radius 2 is 1.83 bits per heavy atom. The predicted molar refractivity (Wildman–Crippen MR) is 96.1 cm³/mol. The van der Waals surface area contributed by atoms with E-state index in [0.717, 1.165) is 21.6 Å². The molecule has 0 unspecified atom stereocenters. The van der Waals surface area contributed by atoms with Crippen molar-refractivity contribution >= 4 is 21.8 Å². The molecule has 0 spiro atoms. The molecule has 1 atom stereocenters. The average Bonchev–Trinajstić information content (AvgIpc) is 2.94. The first-order chi connectivity index (χ1) is 10.9. The lowest BCUT2D eigenvalue weighted by Crippen LogP contribution is -2.45. The monoisotopic (exact) mass is 378 g/mol. The van der Waals surface area contributed by atoms with Crippen molar-refractivity contribution in [2.75, 3.05) is 7.05 Å². The lowest BCUT2D eigenvalue weighted by Gasteiger charge is -2.23. The lowest BCUT2D eigenvalue weighted by molar-refractivity contribution is -0.126. The Kier molecular flexibility index (Phi) is 6.02. The van der Waals surface area contributed by atoms with Crippen LogP contribution < -0.4 is 5.32 Å². The van der Waals surface area contributed by atoms with Crippen molar-refractivity contribution < 1.29 is 9.21 Å². The SMILES string of the molecule is CC(C)NC(=O)[C@@H](C)N(C)Cc1ccc(-c2ccc(Br)cc2)o1. The summed E-state index contributed by atoms with van der Waals surface area (Å²) in [4.78, 5) is 14.0. The number of furan rings is 1. The zero-order chi connectivity index (χ0) is 17.0. The highest BCUT2D eigenvalue weighted by atomic mass is 79.9. The number of likely N-dealkylation sites (N-methyl/N-ethyl adjacent to an activating group) is 1. The van der Waals surface area contributed by atoms with Crippen molar-refractivity contribution in [3.8, 4) is 11.3 Å². The molecule has 1 amide bonds. The van der Waals surface area contributed by atoms with Gasteiger partial charge in [0, 0.05) is 16.1 Å². The Balaban J connectivity index is 2.01. The largest absolute Gasteiger partial charge is 0.460 e. The van der Waals surface area contributed by atoms with E-state index in [4.69, 9.17) is 4.42 Å². The van der Waals surface area contributed by atoms with Crippen LogP contribution in [-0.4, -0.2) is 29.9 Å². The highest BCUT2D eigenvalue weighted by Crippen LogP contribution is 2.24. The highest BCUT2D eigenvalue weighted by molar-refractivity contribution is 9.10. The Morgan fingerprint density at radius 1 is 1.17 bits per heavy atom. The number of halogens is 1. The third-order valence-electron chi connectivity index (χ3n) is 3.67. The molecule has 2 rings (SSSR count). The van der Waals surface area contributed by atoms with Gasteiger partial charge in [0.05, 0.1) is 12.6 Å². The van der Waals surface area contributed by atoms with Crippen LogP contribution in [0.25, 0.3) is 11.3 Å². The van der Waals surface area contributed by atoms with Crippen molar-refractivity contribution in [3.05, 3.63) is 46.6 Å². The maximum absolute atomic E-state index is 12.1. The van der Waals surface area contributed by atoms with Crippen LogP contribution in [-0.2, 0) is 11.3 Å². The average molecular weight is 379 g/mol. The van der Waals surface area contributed by atoms with Gasteiger partial charge in [0.15, 0.2) is 0 Å². The molecule has 1 aromatic heterocycles. The fourth-order valence-electron chi connectivity index (χ4n) is 2.22. The molecule has 4 nitrogen and oxygen atoms in total. The summed E-state index contributed by atoms with van der Waals surface area (Å²) in [6, 6.07) is 11.9. The van der Waals surface area contributed by atoms with Gasteiger partial charge in [0.25, 0.3) is 0 Å². The van der Waals surface area contributed by atoms with Gasteiger partial charge in [-0.25, -0.2) is 0 Å². The summed E-state index contributed by atoms with van der Waals surface area (Å²) in [6.45, 7) is 6.41. The molecular weight excluding hydrogens is 356 g/mol. The molecule has 5 heteroatoms. The molecule has 1 aromatic carbocycles. The predicted octanol–water partition coefficient (Wildman–Crippen LogP) is 4.05. The second kappa shape index (κ2) is 7.79. The smallest absolute Gasteiger partial charge is 0.237 e. The van der Waals surface area contributed by atoms with Gasteiger partial charge in [-0.2, -0.15) is 0 Å². The van der Waals surface area contributed by atoms with Crippen molar-refractivity contribution in [1.29, 1.82) is 0 Å². The van der Waals surface area contributed by atoms with E-state index in [2.05, 4.69) is 21.2 Å². The number of rotatable bonds is 6. The molecule has 1 N–H and O–H groups in total. The third kappa shape index (κ3) is 4.94. The summed E-state index contributed by atoms with van der Waals surface area (Å²) >= 11 is 3.43. The Hall–Kier alpha value is -1.59. The van der Waals surface area contributed by atoms with Crippen molar-refractivity contribution in [1.82, 2.24) is 10.2 Å². The van der Waals surface area contributed by atoms with Gasteiger partial charge in [0.2, 0.25) is 5.91 Å². The van der Waals surface area contributed by atoms with Crippen LogP contribution in [0.5, 0.6) is 0 Å². The maximum Gasteiger partial charge on any atom is 0.237 e. The summed E-state index contributed by atoms with van der Waals surface area (Å²) in [7, 11) is 1.92. The van der Waals surface area contributed by atoms with E-state index < -0.39 is 0 Å². The molecule has 0 aliphatic heterocycles. The normalized spacial score (nSPS) is 12.7. The molecule has 23 heavy (non-hydrogen) atoms. The number of hydrogen-bond donors (Lipinski definition) is 1. The Morgan fingerprint density at radius 3 is 2.43 bits per heavy atom. The standard InChI is InChI=1S/C18H23BrN2O2/c1-12(2)20-18(22)13(3)21(4)11-16-9-10-17(23-16)14-5-7-15(19)8-6-14/h5-10,12-13H,11H2,1-4H3,(H,20,22)/t13-/m1/s1. The summed E-state index contributed by atoms with van der Waals surface area (Å²) in [5.74, 6) is 1.71. The molecule has 2 aromatic rings. The van der Waals surface area contributed by atoms with Crippen LogP contribution in [0.2, 0.25) is 0 Å². The fraction of sp³-hybridized carbons (Fsp3) is 0.389. The van der Waals surface area contributed by atoms with E-state index in [-0.39, 0.29) is 18.0 Å². The van der Waals surface area contributed by atoms with Crippen LogP contribution in [0, 0.1) is 0 Å². The zero-order valence-corrected chi connectivity index (χ0v) is 15.6. The van der Waals surface area contributed by atoms with Gasteiger partial charge in [-0.1, -0.05) is 28.1 Å². The van der Waals surface area contributed by atoms with Gasteiger partial charge < -0.3 is 9.73 Å². The van der Waals surface area contributed by atoms with Gasteiger partial charge in [-0.15, -0.1) is 0 Å². The topological polar surface area (TPSA) is 45.5 Å². The van der Waals surface area contributed by atoms with E-state index in [0.29, 0.717) is 6.54 Å². The quantitative estimate of drug-likeness (QED) is 0.824. The van der Waals surface area contributed by atoms with E-state index in [1.165, 1.54) is 0 Å². The molecule has 0 saturated heterocycles. The van der Waals surface area contributed by atoms with Crippen molar-refractivity contribution in [3.63, 3.8) is 0 Å². The second-order valence-electron chi connectivity index (χ2n) is 6.03. The van der Waals surface area contributed by atoms with Crippen LogP contribution in [0.4, 0.5) is 0 Å². The number of benzene rings is 1. The third-order valence-corrected chi connectivity index (χ3v) is 4.20. The van der Waals surface area contributed by atoms with Crippen LogP contribution in [0.3, 0.4) is 0 Å². The van der Waals surface area contributed by atoms with Crippen molar-refractivity contribution in [2.45, 2.75) is 39.4 Å². The first-order valence-electron chi connectivity index (χ1n) is 7.72. The summed E-state index contributed by atoms with van der Waals surface area (Å²) in [5.41, 5.74) is 1.03. The number of carbonyl (C=O) groups excluding carboxylic acids is 1.